The molecule has 35 heavy (non-hydrogen) atoms. The van der Waals surface area contributed by atoms with Crippen molar-refractivity contribution in [2.24, 2.45) is 0 Å². The van der Waals surface area contributed by atoms with E-state index in [0.717, 1.165) is 10.9 Å². The molecule has 2 heterocycles. The van der Waals surface area contributed by atoms with E-state index in [1.807, 2.05) is 24.3 Å². The van der Waals surface area contributed by atoms with Gasteiger partial charge in [-0.1, -0.05) is 18.2 Å². The third-order valence-corrected chi connectivity index (χ3v) is 7.19. The third-order valence-electron chi connectivity index (χ3n) is 7.19. The molecule has 0 bridgehead atoms. The lowest BCUT2D eigenvalue weighted by Crippen LogP contribution is -2.07. The summed E-state index contributed by atoms with van der Waals surface area (Å²) < 4.78 is 17.1. The summed E-state index contributed by atoms with van der Waals surface area (Å²) in [6.07, 6.45) is 0. The molecule has 5 aromatic rings. The zero-order valence-electron chi connectivity index (χ0n) is 20.4. The SMILES string of the molecule is Cc1c(C)c(C)c(COc2ccc3c(-c4cc5ccccc5oc4=O)cc(=O)oc3c2)c(C)c1C. The van der Waals surface area contributed by atoms with Crippen LogP contribution in [-0.4, -0.2) is 0 Å². The lowest BCUT2D eigenvalue weighted by Gasteiger charge is -2.19. The van der Waals surface area contributed by atoms with Gasteiger partial charge in [0.1, 0.15) is 23.5 Å². The number of hydrogen-bond acceptors (Lipinski definition) is 5. The molecular formula is C30H26O5. The number of rotatable bonds is 4. The monoisotopic (exact) mass is 466 g/mol. The molecule has 5 rings (SSSR count). The van der Waals surface area contributed by atoms with Gasteiger partial charge in [0.2, 0.25) is 0 Å². The summed E-state index contributed by atoms with van der Waals surface area (Å²) in [7, 11) is 0. The molecule has 0 saturated carbocycles. The van der Waals surface area contributed by atoms with Crippen LogP contribution < -0.4 is 16.0 Å². The highest BCUT2D eigenvalue weighted by molar-refractivity contribution is 5.95. The van der Waals surface area contributed by atoms with E-state index < -0.39 is 11.3 Å². The first kappa shape index (κ1) is 22.7. The zero-order valence-corrected chi connectivity index (χ0v) is 20.4. The Labute approximate surface area is 202 Å². The second-order valence-corrected chi connectivity index (χ2v) is 9.01. The van der Waals surface area contributed by atoms with Crippen molar-refractivity contribution in [3.63, 3.8) is 0 Å². The van der Waals surface area contributed by atoms with Crippen LogP contribution in [0.15, 0.2) is 73.0 Å². The summed E-state index contributed by atoms with van der Waals surface area (Å²) in [6, 6.07) is 15.7. The standard InChI is InChI=1S/C30H26O5/c1-16-17(2)19(4)26(20(5)18(16)3)15-33-22-10-11-23-24(14-29(31)34-28(23)13-22)25-12-21-8-6-7-9-27(21)35-30(25)32/h6-14H,15H2,1-5H3. The van der Waals surface area contributed by atoms with Gasteiger partial charge >= 0.3 is 11.3 Å². The molecule has 0 aliphatic carbocycles. The first-order valence-electron chi connectivity index (χ1n) is 11.5. The van der Waals surface area contributed by atoms with Crippen LogP contribution in [0.4, 0.5) is 0 Å². The minimum absolute atomic E-state index is 0.312. The summed E-state index contributed by atoms with van der Waals surface area (Å²) >= 11 is 0. The quantitative estimate of drug-likeness (QED) is 0.276. The summed E-state index contributed by atoms with van der Waals surface area (Å²) in [5.74, 6) is 0.582. The van der Waals surface area contributed by atoms with E-state index in [1.165, 1.54) is 33.9 Å². The van der Waals surface area contributed by atoms with E-state index in [4.69, 9.17) is 13.6 Å². The lowest BCUT2D eigenvalue weighted by molar-refractivity contribution is 0.304. The minimum atomic E-state index is -0.548. The molecule has 0 radical (unpaired) electrons. The van der Waals surface area contributed by atoms with Gasteiger partial charge in [0, 0.05) is 28.5 Å². The average Bonchev–Trinajstić information content (AvgIpc) is 2.85. The zero-order chi connectivity index (χ0) is 24.9. The maximum absolute atomic E-state index is 12.7. The van der Waals surface area contributed by atoms with Gasteiger partial charge in [0.25, 0.3) is 0 Å². The van der Waals surface area contributed by atoms with E-state index in [1.54, 1.807) is 24.3 Å². The van der Waals surface area contributed by atoms with Crippen LogP contribution in [0.1, 0.15) is 33.4 Å². The van der Waals surface area contributed by atoms with Gasteiger partial charge in [0.15, 0.2) is 0 Å². The van der Waals surface area contributed by atoms with Gasteiger partial charge in [-0.3, -0.25) is 0 Å². The van der Waals surface area contributed by atoms with Crippen LogP contribution in [-0.2, 0) is 6.61 Å². The molecule has 0 aliphatic rings. The molecule has 5 nitrogen and oxygen atoms in total. The Balaban J connectivity index is 1.55. The van der Waals surface area contributed by atoms with E-state index in [9.17, 15) is 9.59 Å². The largest absolute Gasteiger partial charge is 0.489 e. The van der Waals surface area contributed by atoms with E-state index in [0.29, 0.717) is 40.0 Å². The summed E-state index contributed by atoms with van der Waals surface area (Å²) in [6.45, 7) is 11.1. The molecule has 0 N–H and O–H groups in total. The Morgan fingerprint density at radius 1 is 0.686 bits per heavy atom. The lowest BCUT2D eigenvalue weighted by atomic mass is 9.90. The normalized spacial score (nSPS) is 11.3. The molecule has 0 saturated heterocycles. The summed E-state index contributed by atoms with van der Waals surface area (Å²) in [4.78, 5) is 25.1. The van der Waals surface area contributed by atoms with Gasteiger partial charge in [-0.2, -0.15) is 0 Å². The highest BCUT2D eigenvalue weighted by atomic mass is 16.5. The van der Waals surface area contributed by atoms with Gasteiger partial charge in [-0.25, -0.2) is 9.59 Å². The Hall–Kier alpha value is -4.12. The van der Waals surface area contributed by atoms with Crippen molar-refractivity contribution < 1.29 is 13.6 Å². The Morgan fingerprint density at radius 3 is 2.11 bits per heavy atom. The molecule has 0 amide bonds. The first-order chi connectivity index (χ1) is 16.7. The second-order valence-electron chi connectivity index (χ2n) is 9.01. The predicted molar refractivity (Wildman–Crippen MR) is 138 cm³/mol. The fourth-order valence-electron chi connectivity index (χ4n) is 4.66. The molecule has 0 spiro atoms. The smallest absolute Gasteiger partial charge is 0.344 e. The van der Waals surface area contributed by atoms with E-state index >= 15 is 0 Å². The summed E-state index contributed by atoms with van der Waals surface area (Å²) in [5, 5.41) is 1.41. The van der Waals surface area contributed by atoms with Crippen LogP contribution in [0.2, 0.25) is 0 Å². The van der Waals surface area contributed by atoms with Crippen LogP contribution in [0.3, 0.4) is 0 Å². The van der Waals surface area contributed by atoms with Crippen molar-refractivity contribution in [2.75, 3.05) is 0 Å². The van der Waals surface area contributed by atoms with Gasteiger partial charge in [0.05, 0.1) is 5.56 Å². The van der Waals surface area contributed by atoms with Crippen LogP contribution in [0.25, 0.3) is 33.1 Å². The topological polar surface area (TPSA) is 69.7 Å². The number of ether oxygens (including phenoxy) is 1. The molecule has 3 aromatic carbocycles. The second kappa shape index (κ2) is 8.58. The van der Waals surface area contributed by atoms with Crippen molar-refractivity contribution in [1.29, 1.82) is 0 Å². The molecule has 0 unspecified atom stereocenters. The van der Waals surface area contributed by atoms with Crippen molar-refractivity contribution in [3.05, 3.63) is 109 Å². The van der Waals surface area contributed by atoms with E-state index in [2.05, 4.69) is 34.6 Å². The first-order valence-corrected chi connectivity index (χ1v) is 11.5. The molecule has 0 atom stereocenters. The van der Waals surface area contributed by atoms with Gasteiger partial charge < -0.3 is 13.6 Å². The molecule has 0 fully saturated rings. The van der Waals surface area contributed by atoms with Crippen molar-refractivity contribution in [2.45, 2.75) is 41.2 Å². The Bertz CT molecular complexity index is 1710. The highest BCUT2D eigenvalue weighted by Crippen LogP contribution is 2.31. The number of para-hydroxylation sites is 1. The van der Waals surface area contributed by atoms with Gasteiger partial charge in [-0.05, 0) is 92.3 Å². The summed E-state index contributed by atoms with van der Waals surface area (Å²) in [5.41, 5.74) is 8.04. The third kappa shape index (κ3) is 3.93. The van der Waals surface area contributed by atoms with Crippen molar-refractivity contribution >= 4 is 21.9 Å². The molecule has 0 aliphatic heterocycles. The molecular weight excluding hydrogens is 440 g/mol. The molecule has 176 valence electrons. The highest BCUT2D eigenvalue weighted by Gasteiger charge is 2.16. The van der Waals surface area contributed by atoms with Crippen LogP contribution >= 0.6 is 0 Å². The minimum Gasteiger partial charge on any atom is -0.489 e. The Kier molecular flexibility index (Phi) is 5.56. The van der Waals surface area contributed by atoms with Crippen molar-refractivity contribution in [1.82, 2.24) is 0 Å². The Morgan fingerprint density at radius 2 is 1.37 bits per heavy atom. The van der Waals surface area contributed by atoms with Crippen LogP contribution in [0, 0.1) is 34.6 Å². The predicted octanol–water partition coefficient (Wildman–Crippen LogP) is 6.69. The fraction of sp³-hybridized carbons (Fsp3) is 0.200. The number of benzene rings is 3. The maximum Gasteiger partial charge on any atom is 0.344 e. The van der Waals surface area contributed by atoms with Crippen molar-refractivity contribution in [3.8, 4) is 16.9 Å². The average molecular weight is 467 g/mol. The number of hydrogen-bond donors (Lipinski definition) is 0. The van der Waals surface area contributed by atoms with Gasteiger partial charge in [-0.15, -0.1) is 0 Å². The van der Waals surface area contributed by atoms with E-state index in [-0.39, 0.29) is 0 Å². The molecule has 2 aromatic heterocycles. The van der Waals surface area contributed by atoms with Crippen LogP contribution in [0.5, 0.6) is 5.75 Å². The maximum atomic E-state index is 12.7. The molecule has 5 heteroatoms. The fourth-order valence-corrected chi connectivity index (χ4v) is 4.66. The number of fused-ring (bicyclic) bond motifs is 2.